The van der Waals surface area contributed by atoms with Crippen molar-refractivity contribution in [3.8, 4) is 0 Å². The molecule has 3 rings (SSSR count). The molecule has 1 aliphatic carbocycles. The summed E-state index contributed by atoms with van der Waals surface area (Å²) in [5, 5.41) is 3.16. The minimum absolute atomic E-state index is 0.122. The summed E-state index contributed by atoms with van der Waals surface area (Å²) in [5.74, 6) is -1.12. The highest BCUT2D eigenvalue weighted by atomic mass is 35.5. The van der Waals surface area contributed by atoms with Crippen molar-refractivity contribution < 1.29 is 14.0 Å². The molecule has 1 fully saturated rings. The number of carbonyl (C=O) groups is 2. The number of hydrogen-bond acceptors (Lipinski definition) is 2. The molecule has 0 unspecified atom stereocenters. The SMILES string of the molecule is Cc1ccccc1[C@@H](C(=O)NC1CCCCC1)N(Cc1ccc(F)cc1)C(=O)CCl. The monoisotopic (exact) mass is 430 g/mol. The Labute approximate surface area is 182 Å². The van der Waals surface area contributed by atoms with Crippen molar-refractivity contribution in [2.75, 3.05) is 5.88 Å². The van der Waals surface area contributed by atoms with Crippen LogP contribution in [0.2, 0.25) is 0 Å². The Morgan fingerprint density at radius 2 is 1.77 bits per heavy atom. The molecule has 1 saturated carbocycles. The Kier molecular flexibility index (Phi) is 7.86. The van der Waals surface area contributed by atoms with Crippen LogP contribution in [0.5, 0.6) is 0 Å². The summed E-state index contributed by atoms with van der Waals surface area (Å²) < 4.78 is 13.3. The second-order valence-electron chi connectivity index (χ2n) is 7.88. The topological polar surface area (TPSA) is 49.4 Å². The van der Waals surface area contributed by atoms with E-state index in [2.05, 4.69) is 5.32 Å². The predicted molar refractivity (Wildman–Crippen MR) is 117 cm³/mol. The second kappa shape index (κ2) is 10.6. The van der Waals surface area contributed by atoms with Crippen LogP contribution in [-0.2, 0) is 16.1 Å². The van der Waals surface area contributed by atoms with E-state index in [1.165, 1.54) is 23.5 Å². The average Bonchev–Trinajstić information content (AvgIpc) is 2.76. The largest absolute Gasteiger partial charge is 0.351 e. The van der Waals surface area contributed by atoms with Crippen LogP contribution in [0.15, 0.2) is 48.5 Å². The Balaban J connectivity index is 1.95. The lowest BCUT2D eigenvalue weighted by Crippen LogP contribution is -2.47. The highest BCUT2D eigenvalue weighted by Crippen LogP contribution is 2.28. The smallest absolute Gasteiger partial charge is 0.247 e. The molecule has 0 aliphatic heterocycles. The summed E-state index contributed by atoms with van der Waals surface area (Å²) >= 11 is 5.92. The highest BCUT2D eigenvalue weighted by Gasteiger charge is 2.33. The van der Waals surface area contributed by atoms with Crippen molar-refractivity contribution in [1.29, 1.82) is 0 Å². The molecule has 0 aromatic heterocycles. The molecule has 0 saturated heterocycles. The Bertz CT molecular complexity index is 866. The number of halogens is 2. The van der Waals surface area contributed by atoms with Crippen molar-refractivity contribution in [3.63, 3.8) is 0 Å². The fourth-order valence-corrected chi connectivity index (χ4v) is 4.21. The number of nitrogens with one attached hydrogen (secondary N) is 1. The van der Waals surface area contributed by atoms with Gasteiger partial charge in [0.1, 0.15) is 17.7 Å². The Morgan fingerprint density at radius 3 is 2.40 bits per heavy atom. The van der Waals surface area contributed by atoms with Gasteiger partial charge in [-0.3, -0.25) is 9.59 Å². The van der Waals surface area contributed by atoms with Crippen LogP contribution >= 0.6 is 11.6 Å². The van der Waals surface area contributed by atoms with Crippen LogP contribution < -0.4 is 5.32 Å². The third-order valence-corrected chi connectivity index (χ3v) is 5.92. The zero-order chi connectivity index (χ0) is 21.5. The summed E-state index contributed by atoms with van der Waals surface area (Å²) in [6.45, 7) is 2.10. The van der Waals surface area contributed by atoms with Gasteiger partial charge in [0.05, 0.1) is 0 Å². The van der Waals surface area contributed by atoms with Crippen molar-refractivity contribution in [3.05, 3.63) is 71.0 Å². The van der Waals surface area contributed by atoms with E-state index in [-0.39, 0.29) is 36.1 Å². The first-order valence-corrected chi connectivity index (χ1v) is 11.0. The molecule has 2 aromatic carbocycles. The number of alkyl halides is 1. The fraction of sp³-hybridized carbons (Fsp3) is 0.417. The first-order chi connectivity index (χ1) is 14.5. The maximum absolute atomic E-state index is 13.5. The molecule has 2 aromatic rings. The van der Waals surface area contributed by atoms with Gasteiger partial charge in [0.15, 0.2) is 0 Å². The molecule has 0 bridgehead atoms. The van der Waals surface area contributed by atoms with Crippen molar-refractivity contribution in [2.45, 2.75) is 57.7 Å². The Morgan fingerprint density at radius 1 is 1.10 bits per heavy atom. The van der Waals surface area contributed by atoms with E-state index in [0.717, 1.165) is 42.4 Å². The van der Waals surface area contributed by atoms with Gasteiger partial charge in [-0.15, -0.1) is 11.6 Å². The zero-order valence-electron chi connectivity index (χ0n) is 17.2. The van der Waals surface area contributed by atoms with Gasteiger partial charge in [-0.05, 0) is 48.6 Å². The molecule has 0 spiro atoms. The van der Waals surface area contributed by atoms with Gasteiger partial charge < -0.3 is 10.2 Å². The molecule has 0 radical (unpaired) electrons. The minimum Gasteiger partial charge on any atom is -0.351 e. The van der Waals surface area contributed by atoms with E-state index in [9.17, 15) is 14.0 Å². The summed E-state index contributed by atoms with van der Waals surface area (Å²) in [4.78, 5) is 27.8. The maximum atomic E-state index is 13.5. The molecular formula is C24H28ClFN2O2. The molecular weight excluding hydrogens is 403 g/mol. The Hall–Kier alpha value is -2.40. The number of carbonyl (C=O) groups excluding carboxylic acids is 2. The maximum Gasteiger partial charge on any atom is 0.247 e. The molecule has 30 heavy (non-hydrogen) atoms. The van der Waals surface area contributed by atoms with E-state index in [4.69, 9.17) is 11.6 Å². The number of aryl methyl sites for hydroxylation is 1. The van der Waals surface area contributed by atoms with Crippen molar-refractivity contribution in [2.24, 2.45) is 0 Å². The number of hydrogen-bond donors (Lipinski definition) is 1. The molecule has 2 amide bonds. The predicted octanol–water partition coefficient (Wildman–Crippen LogP) is 4.89. The van der Waals surface area contributed by atoms with Crippen molar-refractivity contribution >= 4 is 23.4 Å². The summed E-state index contributed by atoms with van der Waals surface area (Å²) in [5.41, 5.74) is 2.43. The van der Waals surface area contributed by atoms with E-state index < -0.39 is 6.04 Å². The fourth-order valence-electron chi connectivity index (χ4n) is 4.06. The van der Waals surface area contributed by atoms with E-state index >= 15 is 0 Å². The second-order valence-corrected chi connectivity index (χ2v) is 8.15. The van der Waals surface area contributed by atoms with Gasteiger partial charge in [0.25, 0.3) is 0 Å². The van der Waals surface area contributed by atoms with E-state index in [1.807, 2.05) is 31.2 Å². The lowest BCUT2D eigenvalue weighted by atomic mass is 9.94. The summed E-state index contributed by atoms with van der Waals surface area (Å²) in [6.07, 6.45) is 5.29. The highest BCUT2D eigenvalue weighted by molar-refractivity contribution is 6.27. The minimum atomic E-state index is -0.801. The lowest BCUT2D eigenvalue weighted by molar-refractivity contribution is -0.140. The summed E-state index contributed by atoms with van der Waals surface area (Å²) in [6, 6.07) is 12.8. The van der Waals surface area contributed by atoms with Crippen LogP contribution in [0.25, 0.3) is 0 Å². The van der Waals surface area contributed by atoms with E-state index in [1.54, 1.807) is 12.1 Å². The van der Waals surface area contributed by atoms with Crippen LogP contribution in [-0.4, -0.2) is 28.6 Å². The standard InChI is InChI=1S/C24H28ClFN2O2/c1-17-7-5-6-10-21(17)23(24(30)27-20-8-3-2-4-9-20)28(22(29)15-25)16-18-11-13-19(26)14-12-18/h5-7,10-14,20,23H,2-4,8-9,15-16H2,1H3,(H,27,30)/t23-/m0/s1. The average molecular weight is 431 g/mol. The van der Waals surface area contributed by atoms with Crippen LogP contribution in [0, 0.1) is 12.7 Å². The molecule has 160 valence electrons. The first-order valence-electron chi connectivity index (χ1n) is 10.5. The number of nitrogens with zero attached hydrogens (tertiary/aromatic N) is 1. The van der Waals surface area contributed by atoms with Crippen LogP contribution in [0.3, 0.4) is 0 Å². The molecule has 4 nitrogen and oxygen atoms in total. The number of rotatable bonds is 7. The van der Waals surface area contributed by atoms with Crippen LogP contribution in [0.4, 0.5) is 4.39 Å². The van der Waals surface area contributed by atoms with Crippen LogP contribution in [0.1, 0.15) is 54.8 Å². The normalized spacial score (nSPS) is 15.4. The molecule has 1 aliphatic rings. The molecule has 1 N–H and O–H groups in total. The van der Waals surface area contributed by atoms with Gasteiger partial charge in [-0.2, -0.15) is 0 Å². The molecule has 0 heterocycles. The molecule has 6 heteroatoms. The summed E-state index contributed by atoms with van der Waals surface area (Å²) in [7, 11) is 0. The van der Waals surface area contributed by atoms with Gasteiger partial charge in [-0.25, -0.2) is 4.39 Å². The van der Waals surface area contributed by atoms with Gasteiger partial charge in [0.2, 0.25) is 11.8 Å². The molecule has 1 atom stereocenters. The van der Waals surface area contributed by atoms with E-state index in [0.29, 0.717) is 0 Å². The third kappa shape index (κ3) is 5.60. The van der Waals surface area contributed by atoms with Gasteiger partial charge in [0, 0.05) is 12.6 Å². The third-order valence-electron chi connectivity index (χ3n) is 5.70. The number of benzene rings is 2. The number of amides is 2. The first kappa shape index (κ1) is 22.3. The van der Waals surface area contributed by atoms with Gasteiger partial charge in [-0.1, -0.05) is 55.7 Å². The zero-order valence-corrected chi connectivity index (χ0v) is 18.0. The van der Waals surface area contributed by atoms with Crippen molar-refractivity contribution in [1.82, 2.24) is 10.2 Å². The lowest BCUT2D eigenvalue weighted by Gasteiger charge is -2.34. The quantitative estimate of drug-likeness (QED) is 0.635. The van der Waals surface area contributed by atoms with Gasteiger partial charge >= 0.3 is 0 Å².